The van der Waals surface area contributed by atoms with E-state index in [1.807, 2.05) is 18.2 Å². The molecule has 1 aromatic carbocycles. The summed E-state index contributed by atoms with van der Waals surface area (Å²) in [6.07, 6.45) is 3.76. The van der Waals surface area contributed by atoms with Crippen molar-refractivity contribution < 1.29 is 0 Å². The Balaban J connectivity index is 2.07. The van der Waals surface area contributed by atoms with E-state index in [9.17, 15) is 0 Å². The zero-order valence-electron chi connectivity index (χ0n) is 9.39. The average Bonchev–Trinajstić information content (AvgIpc) is 2.68. The zero-order valence-corrected chi connectivity index (χ0v) is 11.7. The number of nitrogens with one attached hydrogen (secondary N) is 2. The van der Waals surface area contributed by atoms with Crippen LogP contribution in [0.1, 0.15) is 31.0 Å². The SMILES string of the molecule is Clc1ccc2[nH]c(C3CCCCN3)c(Br)c2c1. The van der Waals surface area contributed by atoms with Crippen LogP contribution >= 0.6 is 27.5 Å². The predicted molar refractivity (Wildman–Crippen MR) is 75.6 cm³/mol. The molecule has 1 unspecified atom stereocenters. The molecule has 1 aliphatic heterocycles. The predicted octanol–water partition coefficient (Wildman–Crippen LogP) is 4.40. The van der Waals surface area contributed by atoms with E-state index in [2.05, 4.69) is 26.2 Å². The van der Waals surface area contributed by atoms with Gasteiger partial charge < -0.3 is 10.3 Å². The fraction of sp³-hybridized carbons (Fsp3) is 0.385. The van der Waals surface area contributed by atoms with Gasteiger partial charge in [0.1, 0.15) is 0 Å². The molecular formula is C13H14BrClN2. The van der Waals surface area contributed by atoms with Crippen LogP contribution in [0.4, 0.5) is 0 Å². The highest BCUT2D eigenvalue weighted by Gasteiger charge is 2.20. The fourth-order valence-electron chi connectivity index (χ4n) is 2.49. The number of aromatic amines is 1. The number of benzene rings is 1. The van der Waals surface area contributed by atoms with Gasteiger partial charge in [0, 0.05) is 32.1 Å². The highest BCUT2D eigenvalue weighted by Crippen LogP contribution is 2.35. The number of H-pyrrole nitrogens is 1. The van der Waals surface area contributed by atoms with Crippen molar-refractivity contribution >= 4 is 38.4 Å². The summed E-state index contributed by atoms with van der Waals surface area (Å²) >= 11 is 9.73. The third-order valence-corrected chi connectivity index (χ3v) is 4.47. The molecule has 1 aliphatic rings. The van der Waals surface area contributed by atoms with Crippen molar-refractivity contribution in [1.29, 1.82) is 0 Å². The first-order valence-electron chi connectivity index (χ1n) is 5.96. The summed E-state index contributed by atoms with van der Waals surface area (Å²) in [5, 5.41) is 5.50. The molecule has 2 aromatic rings. The van der Waals surface area contributed by atoms with Gasteiger partial charge in [-0.15, -0.1) is 0 Å². The summed E-state index contributed by atoms with van der Waals surface area (Å²) in [7, 11) is 0. The van der Waals surface area contributed by atoms with Crippen LogP contribution in [0.3, 0.4) is 0 Å². The van der Waals surface area contributed by atoms with Crippen LogP contribution < -0.4 is 5.32 Å². The van der Waals surface area contributed by atoms with Crippen LogP contribution in [0.15, 0.2) is 22.7 Å². The van der Waals surface area contributed by atoms with Gasteiger partial charge in [-0.2, -0.15) is 0 Å². The summed E-state index contributed by atoms with van der Waals surface area (Å²) in [5.41, 5.74) is 2.39. The number of fused-ring (bicyclic) bond motifs is 1. The summed E-state index contributed by atoms with van der Waals surface area (Å²) in [5.74, 6) is 0. The Bertz CT molecular complexity index is 544. The van der Waals surface area contributed by atoms with Crippen molar-refractivity contribution in [3.63, 3.8) is 0 Å². The summed E-state index contributed by atoms with van der Waals surface area (Å²) < 4.78 is 1.15. The first-order chi connectivity index (χ1) is 8.25. The van der Waals surface area contributed by atoms with Gasteiger partial charge in [0.2, 0.25) is 0 Å². The van der Waals surface area contributed by atoms with E-state index in [1.54, 1.807) is 0 Å². The second-order valence-corrected chi connectivity index (χ2v) is 5.77. The van der Waals surface area contributed by atoms with E-state index in [-0.39, 0.29) is 0 Å². The number of hydrogen-bond acceptors (Lipinski definition) is 1. The molecular weight excluding hydrogens is 300 g/mol. The topological polar surface area (TPSA) is 27.8 Å². The van der Waals surface area contributed by atoms with Gasteiger partial charge in [-0.3, -0.25) is 0 Å². The number of aromatic nitrogens is 1. The second-order valence-electron chi connectivity index (χ2n) is 4.55. The second kappa shape index (κ2) is 4.63. The molecule has 1 atom stereocenters. The van der Waals surface area contributed by atoms with Gasteiger partial charge in [0.25, 0.3) is 0 Å². The van der Waals surface area contributed by atoms with Gasteiger partial charge in [-0.05, 0) is 53.5 Å². The van der Waals surface area contributed by atoms with Gasteiger partial charge in [0.05, 0.1) is 0 Å². The molecule has 3 rings (SSSR count). The molecule has 0 saturated carbocycles. The molecule has 0 aliphatic carbocycles. The van der Waals surface area contributed by atoms with Crippen LogP contribution in [0, 0.1) is 0 Å². The van der Waals surface area contributed by atoms with Gasteiger partial charge >= 0.3 is 0 Å². The third-order valence-electron chi connectivity index (χ3n) is 3.38. The van der Waals surface area contributed by atoms with Crippen molar-refractivity contribution in [1.82, 2.24) is 10.3 Å². The molecule has 90 valence electrons. The number of piperidine rings is 1. The minimum Gasteiger partial charge on any atom is -0.356 e. The smallest absolute Gasteiger partial charge is 0.0484 e. The molecule has 0 amide bonds. The Hall–Kier alpha value is -0.510. The lowest BCUT2D eigenvalue weighted by molar-refractivity contribution is 0.406. The molecule has 2 N–H and O–H groups in total. The van der Waals surface area contributed by atoms with Crippen molar-refractivity contribution in [2.45, 2.75) is 25.3 Å². The maximum Gasteiger partial charge on any atom is 0.0484 e. The van der Waals surface area contributed by atoms with E-state index in [0.29, 0.717) is 6.04 Å². The lowest BCUT2D eigenvalue weighted by Gasteiger charge is -2.22. The Kier molecular flexibility index (Phi) is 3.16. The maximum atomic E-state index is 6.04. The zero-order chi connectivity index (χ0) is 11.8. The lowest BCUT2D eigenvalue weighted by atomic mass is 10.0. The Labute approximate surface area is 114 Å². The van der Waals surface area contributed by atoms with E-state index in [0.717, 1.165) is 21.6 Å². The highest BCUT2D eigenvalue weighted by molar-refractivity contribution is 9.10. The summed E-state index contributed by atoms with van der Waals surface area (Å²) in [6.45, 7) is 1.10. The van der Waals surface area contributed by atoms with Crippen molar-refractivity contribution in [3.05, 3.63) is 33.4 Å². The molecule has 1 aromatic heterocycles. The van der Waals surface area contributed by atoms with E-state index >= 15 is 0 Å². The average molecular weight is 314 g/mol. The molecule has 2 heterocycles. The molecule has 0 bridgehead atoms. The Morgan fingerprint density at radius 3 is 2.94 bits per heavy atom. The van der Waals surface area contributed by atoms with E-state index in [1.165, 1.54) is 30.3 Å². The van der Waals surface area contributed by atoms with Crippen LogP contribution in [-0.4, -0.2) is 11.5 Å². The maximum absolute atomic E-state index is 6.04. The lowest BCUT2D eigenvalue weighted by Crippen LogP contribution is -2.27. The standard InChI is InChI=1S/C13H14BrClN2/c14-12-9-7-8(15)4-5-10(9)17-13(12)11-3-1-2-6-16-11/h4-5,7,11,16-17H,1-3,6H2. The normalized spacial score (nSPS) is 20.9. The monoisotopic (exact) mass is 312 g/mol. The minimum atomic E-state index is 0.435. The van der Waals surface area contributed by atoms with Gasteiger partial charge in [0.15, 0.2) is 0 Å². The van der Waals surface area contributed by atoms with Crippen molar-refractivity contribution in [2.75, 3.05) is 6.54 Å². The van der Waals surface area contributed by atoms with Crippen LogP contribution in [0.25, 0.3) is 10.9 Å². The minimum absolute atomic E-state index is 0.435. The molecule has 0 radical (unpaired) electrons. The first-order valence-corrected chi connectivity index (χ1v) is 7.13. The van der Waals surface area contributed by atoms with Crippen molar-refractivity contribution in [3.8, 4) is 0 Å². The number of hydrogen-bond donors (Lipinski definition) is 2. The quantitative estimate of drug-likeness (QED) is 0.802. The van der Waals surface area contributed by atoms with Crippen LogP contribution in [-0.2, 0) is 0 Å². The summed E-state index contributed by atoms with van der Waals surface area (Å²) in [4.78, 5) is 3.49. The fourth-order valence-corrected chi connectivity index (χ4v) is 3.37. The molecule has 1 fully saturated rings. The van der Waals surface area contributed by atoms with E-state index in [4.69, 9.17) is 11.6 Å². The molecule has 4 heteroatoms. The Morgan fingerprint density at radius 2 is 2.18 bits per heavy atom. The number of rotatable bonds is 1. The molecule has 17 heavy (non-hydrogen) atoms. The van der Waals surface area contributed by atoms with Gasteiger partial charge in [-0.1, -0.05) is 18.0 Å². The summed E-state index contributed by atoms with van der Waals surface area (Å²) in [6, 6.07) is 6.40. The van der Waals surface area contributed by atoms with Crippen LogP contribution in [0.2, 0.25) is 5.02 Å². The number of halogens is 2. The third kappa shape index (κ3) is 2.12. The molecule has 1 saturated heterocycles. The first kappa shape index (κ1) is 11.6. The van der Waals surface area contributed by atoms with Gasteiger partial charge in [-0.25, -0.2) is 0 Å². The van der Waals surface area contributed by atoms with Crippen LogP contribution in [0.5, 0.6) is 0 Å². The molecule has 0 spiro atoms. The Morgan fingerprint density at radius 1 is 1.29 bits per heavy atom. The largest absolute Gasteiger partial charge is 0.356 e. The molecule has 2 nitrogen and oxygen atoms in total. The van der Waals surface area contributed by atoms with Crippen molar-refractivity contribution in [2.24, 2.45) is 0 Å². The van der Waals surface area contributed by atoms with E-state index < -0.39 is 0 Å². The highest BCUT2D eigenvalue weighted by atomic mass is 79.9.